The van der Waals surface area contributed by atoms with Crippen LogP contribution in [0.3, 0.4) is 0 Å². The fraction of sp³-hybridized carbons (Fsp3) is 0.875. The minimum absolute atomic E-state index is 0.0244. The molecule has 1 rings (SSSR count). The second kappa shape index (κ2) is 7.90. The zero-order valence-electron chi connectivity index (χ0n) is 14.6. The van der Waals surface area contributed by atoms with Gasteiger partial charge in [-0.15, -0.1) is 5.10 Å². The predicted octanol–water partition coefficient (Wildman–Crippen LogP) is 3.04. The molecule has 0 unspecified atom stereocenters. The average molecular weight is 297 g/mol. The summed E-state index contributed by atoms with van der Waals surface area (Å²) in [7, 11) is 0. The molecule has 21 heavy (non-hydrogen) atoms. The van der Waals surface area contributed by atoms with E-state index in [0.29, 0.717) is 13.2 Å². The van der Waals surface area contributed by atoms with Crippen molar-refractivity contribution in [2.75, 3.05) is 13.2 Å². The molecule has 5 nitrogen and oxygen atoms in total. The SMILES string of the molecule is CC(C)OCC(COC(C)C)Cn1cc(C(C)(C)C)nn1. The summed E-state index contributed by atoms with van der Waals surface area (Å²) < 4.78 is 13.4. The maximum absolute atomic E-state index is 5.74. The van der Waals surface area contributed by atoms with Crippen LogP contribution in [0, 0.1) is 5.92 Å². The number of aromatic nitrogens is 3. The average Bonchev–Trinajstić information content (AvgIpc) is 2.80. The minimum Gasteiger partial charge on any atom is -0.378 e. The quantitative estimate of drug-likeness (QED) is 0.740. The zero-order valence-corrected chi connectivity index (χ0v) is 14.6. The molecule has 0 radical (unpaired) electrons. The number of ether oxygens (including phenoxy) is 2. The molecule has 5 heteroatoms. The molecular formula is C16H31N3O2. The number of nitrogens with zero attached hydrogens (tertiary/aromatic N) is 3. The van der Waals surface area contributed by atoms with E-state index in [0.717, 1.165) is 12.2 Å². The topological polar surface area (TPSA) is 49.2 Å². The third kappa shape index (κ3) is 7.05. The van der Waals surface area contributed by atoms with Crippen LogP contribution in [0.25, 0.3) is 0 Å². The van der Waals surface area contributed by atoms with E-state index in [1.165, 1.54) is 0 Å². The summed E-state index contributed by atoms with van der Waals surface area (Å²) in [6.45, 7) is 16.7. The van der Waals surface area contributed by atoms with Crippen LogP contribution in [0.15, 0.2) is 6.20 Å². The standard InChI is InChI=1S/C16H31N3O2/c1-12(2)20-10-14(11-21-13(3)4)8-19-9-15(17-18-19)16(5,6)7/h9,12-14H,8,10-11H2,1-7H3. The molecule has 0 atom stereocenters. The highest BCUT2D eigenvalue weighted by Crippen LogP contribution is 2.19. The summed E-state index contributed by atoms with van der Waals surface area (Å²) >= 11 is 0. The Hall–Kier alpha value is -0.940. The van der Waals surface area contributed by atoms with Crippen LogP contribution in [-0.2, 0) is 21.4 Å². The summed E-state index contributed by atoms with van der Waals surface area (Å²) in [5.41, 5.74) is 1.03. The van der Waals surface area contributed by atoms with Crippen LogP contribution in [0.2, 0.25) is 0 Å². The van der Waals surface area contributed by atoms with Crippen LogP contribution in [0.4, 0.5) is 0 Å². The van der Waals surface area contributed by atoms with Gasteiger partial charge in [0.15, 0.2) is 0 Å². The highest BCUT2D eigenvalue weighted by atomic mass is 16.5. The van der Waals surface area contributed by atoms with E-state index in [1.807, 2.05) is 38.6 Å². The van der Waals surface area contributed by atoms with Crippen molar-refractivity contribution in [1.29, 1.82) is 0 Å². The van der Waals surface area contributed by atoms with Crippen molar-refractivity contribution in [2.45, 2.75) is 72.6 Å². The predicted molar refractivity (Wildman–Crippen MR) is 84.4 cm³/mol. The van der Waals surface area contributed by atoms with Crippen molar-refractivity contribution >= 4 is 0 Å². The van der Waals surface area contributed by atoms with Gasteiger partial charge in [0.25, 0.3) is 0 Å². The van der Waals surface area contributed by atoms with Crippen LogP contribution >= 0.6 is 0 Å². The van der Waals surface area contributed by atoms with Gasteiger partial charge in [-0.3, -0.25) is 4.68 Å². The summed E-state index contributed by atoms with van der Waals surface area (Å²) in [5.74, 6) is 0.282. The fourth-order valence-corrected chi connectivity index (χ4v) is 1.81. The molecule has 1 heterocycles. The van der Waals surface area contributed by atoms with Crippen LogP contribution in [0.1, 0.15) is 54.2 Å². The molecule has 122 valence electrons. The van der Waals surface area contributed by atoms with Crippen molar-refractivity contribution in [3.05, 3.63) is 11.9 Å². The molecule has 0 N–H and O–H groups in total. The van der Waals surface area contributed by atoms with Crippen molar-refractivity contribution in [3.63, 3.8) is 0 Å². The van der Waals surface area contributed by atoms with Crippen molar-refractivity contribution < 1.29 is 9.47 Å². The maximum atomic E-state index is 5.74. The van der Waals surface area contributed by atoms with E-state index in [4.69, 9.17) is 9.47 Å². The first-order valence-electron chi connectivity index (χ1n) is 7.82. The monoisotopic (exact) mass is 297 g/mol. The molecule has 0 saturated carbocycles. The summed E-state index contributed by atoms with van der Waals surface area (Å²) in [4.78, 5) is 0. The molecule has 0 aliphatic carbocycles. The van der Waals surface area contributed by atoms with Gasteiger partial charge in [0.05, 0.1) is 31.1 Å². The second-order valence-corrected chi connectivity index (χ2v) is 7.21. The Morgan fingerprint density at radius 2 is 1.57 bits per heavy atom. The lowest BCUT2D eigenvalue weighted by atomic mass is 9.93. The van der Waals surface area contributed by atoms with E-state index in [9.17, 15) is 0 Å². The highest BCUT2D eigenvalue weighted by molar-refractivity contribution is 5.06. The van der Waals surface area contributed by atoms with E-state index < -0.39 is 0 Å². The Morgan fingerprint density at radius 1 is 1.05 bits per heavy atom. The van der Waals surface area contributed by atoms with Gasteiger partial charge in [0, 0.05) is 24.1 Å². The normalized spacial score (nSPS) is 12.9. The molecule has 0 aliphatic rings. The maximum Gasteiger partial charge on any atom is 0.0880 e. The molecular weight excluding hydrogens is 266 g/mol. The molecule has 1 aromatic rings. The minimum atomic E-state index is 0.0244. The van der Waals surface area contributed by atoms with E-state index >= 15 is 0 Å². The number of hydrogen-bond donors (Lipinski definition) is 0. The van der Waals surface area contributed by atoms with Crippen molar-refractivity contribution in [1.82, 2.24) is 15.0 Å². The Morgan fingerprint density at radius 3 is 1.95 bits per heavy atom. The summed E-state index contributed by atoms with van der Waals surface area (Å²) in [6, 6.07) is 0. The highest BCUT2D eigenvalue weighted by Gasteiger charge is 2.19. The van der Waals surface area contributed by atoms with Gasteiger partial charge in [-0.1, -0.05) is 26.0 Å². The molecule has 0 aliphatic heterocycles. The molecule has 0 bridgehead atoms. The van der Waals surface area contributed by atoms with Gasteiger partial charge in [-0.2, -0.15) is 0 Å². The Balaban J connectivity index is 2.63. The Kier molecular flexibility index (Phi) is 6.81. The first-order valence-corrected chi connectivity index (χ1v) is 7.82. The second-order valence-electron chi connectivity index (χ2n) is 7.21. The van der Waals surface area contributed by atoms with Gasteiger partial charge in [-0.25, -0.2) is 0 Å². The van der Waals surface area contributed by atoms with E-state index in [2.05, 4.69) is 31.1 Å². The van der Waals surface area contributed by atoms with Crippen molar-refractivity contribution in [2.24, 2.45) is 5.92 Å². The molecule has 0 fully saturated rings. The molecule has 0 amide bonds. The van der Waals surface area contributed by atoms with E-state index in [1.54, 1.807) is 0 Å². The lowest BCUT2D eigenvalue weighted by molar-refractivity contribution is -0.00932. The lowest BCUT2D eigenvalue weighted by Gasteiger charge is -2.20. The Bertz CT molecular complexity index is 396. The van der Waals surface area contributed by atoms with Gasteiger partial charge in [0.2, 0.25) is 0 Å². The van der Waals surface area contributed by atoms with Gasteiger partial charge >= 0.3 is 0 Å². The van der Waals surface area contributed by atoms with Crippen LogP contribution in [0.5, 0.6) is 0 Å². The molecule has 0 spiro atoms. The number of hydrogen-bond acceptors (Lipinski definition) is 4. The first kappa shape index (κ1) is 18.1. The molecule has 1 aromatic heterocycles. The largest absolute Gasteiger partial charge is 0.378 e. The summed E-state index contributed by atoms with van der Waals surface area (Å²) in [5, 5.41) is 8.49. The smallest absolute Gasteiger partial charge is 0.0880 e. The Labute approximate surface area is 129 Å². The van der Waals surface area contributed by atoms with Crippen molar-refractivity contribution in [3.8, 4) is 0 Å². The van der Waals surface area contributed by atoms with Crippen LogP contribution in [-0.4, -0.2) is 40.4 Å². The summed E-state index contributed by atoms with van der Waals surface area (Å²) in [6.07, 6.45) is 2.48. The molecule has 0 saturated heterocycles. The zero-order chi connectivity index (χ0) is 16.0. The van der Waals surface area contributed by atoms with Gasteiger partial charge < -0.3 is 9.47 Å². The third-order valence-electron chi connectivity index (χ3n) is 3.08. The third-order valence-corrected chi connectivity index (χ3v) is 3.08. The van der Waals surface area contributed by atoms with Gasteiger partial charge in [-0.05, 0) is 27.7 Å². The number of rotatable bonds is 8. The van der Waals surface area contributed by atoms with E-state index in [-0.39, 0.29) is 23.5 Å². The van der Waals surface area contributed by atoms with Gasteiger partial charge in [0.1, 0.15) is 0 Å². The lowest BCUT2D eigenvalue weighted by Crippen LogP contribution is -2.25. The fourth-order valence-electron chi connectivity index (χ4n) is 1.81. The first-order chi connectivity index (χ1) is 9.68. The molecule has 0 aromatic carbocycles. The van der Waals surface area contributed by atoms with Crippen LogP contribution < -0.4 is 0 Å².